The Hall–Kier alpha value is -3.44. The highest BCUT2D eigenvalue weighted by molar-refractivity contribution is 5.93. The van der Waals surface area contributed by atoms with E-state index in [0.29, 0.717) is 18.3 Å². The van der Waals surface area contributed by atoms with Crippen molar-refractivity contribution < 1.29 is 24.1 Å². The smallest absolute Gasteiger partial charge is 0.319 e. The first-order chi connectivity index (χ1) is 17.4. The zero-order chi connectivity index (χ0) is 25.7. The lowest BCUT2D eigenvalue weighted by molar-refractivity contribution is 0.0839. The summed E-state index contributed by atoms with van der Waals surface area (Å²) in [5.74, 6) is 1.38. The molecule has 11 nitrogen and oxygen atoms in total. The number of fused-ring (bicyclic) bond motifs is 1. The number of piperidine rings is 1. The Morgan fingerprint density at radius 2 is 2.06 bits per heavy atom. The van der Waals surface area contributed by atoms with Crippen LogP contribution < -0.4 is 19.7 Å². The van der Waals surface area contributed by atoms with E-state index in [9.17, 15) is 9.90 Å². The molecule has 36 heavy (non-hydrogen) atoms. The first-order valence-corrected chi connectivity index (χ1v) is 12.1. The van der Waals surface area contributed by atoms with Crippen molar-refractivity contribution in [3.8, 4) is 11.8 Å². The van der Waals surface area contributed by atoms with Crippen molar-refractivity contribution in [1.82, 2.24) is 25.3 Å². The van der Waals surface area contributed by atoms with E-state index in [0.717, 1.165) is 42.7 Å². The number of nitrogens with one attached hydrogen (secondary N) is 2. The third-order valence-corrected chi connectivity index (χ3v) is 6.33. The Balaban J connectivity index is 1.54. The van der Waals surface area contributed by atoms with Gasteiger partial charge in [-0.1, -0.05) is 0 Å². The number of aliphatic hydroxyl groups is 1. The van der Waals surface area contributed by atoms with Crippen LogP contribution in [-0.2, 0) is 4.74 Å². The van der Waals surface area contributed by atoms with E-state index in [1.807, 2.05) is 19.2 Å². The fourth-order valence-electron chi connectivity index (χ4n) is 4.50. The fourth-order valence-corrected chi connectivity index (χ4v) is 4.50. The van der Waals surface area contributed by atoms with Crippen LogP contribution in [0.25, 0.3) is 11.0 Å². The Kier molecular flexibility index (Phi) is 8.21. The van der Waals surface area contributed by atoms with Gasteiger partial charge in [-0.25, -0.2) is 4.98 Å². The summed E-state index contributed by atoms with van der Waals surface area (Å²) in [5.41, 5.74) is 2.21. The second kappa shape index (κ2) is 11.5. The number of aliphatic hydroxyl groups excluding tert-OH is 1. The monoisotopic (exact) mass is 498 g/mol. The van der Waals surface area contributed by atoms with Crippen molar-refractivity contribution in [2.45, 2.75) is 44.8 Å². The molecule has 1 saturated heterocycles. The number of nitrogens with zero attached hydrogens (tertiary/aromatic N) is 4. The van der Waals surface area contributed by atoms with Crippen LogP contribution in [0.2, 0.25) is 0 Å². The maximum atomic E-state index is 12.8. The Morgan fingerprint density at radius 1 is 1.28 bits per heavy atom. The van der Waals surface area contributed by atoms with Gasteiger partial charge in [0, 0.05) is 44.7 Å². The van der Waals surface area contributed by atoms with Crippen LogP contribution in [0.4, 0.5) is 5.82 Å². The number of rotatable bonds is 10. The molecule has 1 fully saturated rings. The number of carbonyl (C=O) groups is 1. The van der Waals surface area contributed by atoms with Gasteiger partial charge in [-0.15, -0.1) is 0 Å². The predicted molar refractivity (Wildman–Crippen MR) is 135 cm³/mol. The second-order valence-electron chi connectivity index (χ2n) is 9.08. The normalized spacial score (nSPS) is 16.1. The molecule has 0 unspecified atom stereocenters. The number of anilines is 1. The summed E-state index contributed by atoms with van der Waals surface area (Å²) in [4.78, 5) is 31.5. The van der Waals surface area contributed by atoms with Crippen LogP contribution in [0.1, 0.15) is 48.7 Å². The molecule has 11 heteroatoms. The van der Waals surface area contributed by atoms with E-state index in [1.165, 1.54) is 5.56 Å². The molecule has 194 valence electrons. The quantitative estimate of drug-likeness (QED) is 0.385. The average molecular weight is 499 g/mol. The minimum Gasteiger partial charge on any atom is -0.496 e. The molecule has 0 saturated carbocycles. The number of aromatic nitrogens is 4. The van der Waals surface area contributed by atoms with Gasteiger partial charge in [0.1, 0.15) is 29.0 Å². The highest BCUT2D eigenvalue weighted by Gasteiger charge is 2.27. The van der Waals surface area contributed by atoms with E-state index in [4.69, 9.17) is 14.2 Å². The molecular weight excluding hydrogens is 464 g/mol. The maximum Gasteiger partial charge on any atom is 0.319 e. The maximum absolute atomic E-state index is 12.8. The molecule has 2 atom stereocenters. The van der Waals surface area contributed by atoms with Gasteiger partial charge in [0.05, 0.1) is 25.7 Å². The van der Waals surface area contributed by atoms with Crippen LogP contribution >= 0.6 is 0 Å². The van der Waals surface area contributed by atoms with Crippen LogP contribution in [0.5, 0.6) is 11.8 Å². The number of methoxy groups -OCH3 is 2. The molecule has 0 spiro atoms. The van der Waals surface area contributed by atoms with Gasteiger partial charge in [0.15, 0.2) is 0 Å². The van der Waals surface area contributed by atoms with Crippen molar-refractivity contribution in [2.24, 2.45) is 0 Å². The lowest BCUT2D eigenvalue weighted by atomic mass is 9.89. The molecule has 4 rings (SSSR count). The van der Waals surface area contributed by atoms with Gasteiger partial charge in [-0.05, 0) is 44.2 Å². The molecule has 0 aromatic carbocycles. The highest BCUT2D eigenvalue weighted by Crippen LogP contribution is 2.37. The lowest BCUT2D eigenvalue weighted by Crippen LogP contribution is -2.37. The molecule has 4 heterocycles. The van der Waals surface area contributed by atoms with Crippen molar-refractivity contribution in [1.29, 1.82) is 0 Å². The Labute approximate surface area is 210 Å². The number of aromatic amines is 1. The molecule has 3 aromatic heterocycles. The lowest BCUT2D eigenvalue weighted by Gasteiger charge is -2.33. The minimum atomic E-state index is -0.397. The largest absolute Gasteiger partial charge is 0.496 e. The molecule has 3 aromatic rings. The summed E-state index contributed by atoms with van der Waals surface area (Å²) < 4.78 is 16.6. The van der Waals surface area contributed by atoms with Crippen LogP contribution in [0.15, 0.2) is 24.5 Å². The number of H-pyrrole nitrogens is 1. The van der Waals surface area contributed by atoms with Gasteiger partial charge < -0.3 is 34.5 Å². The fraction of sp³-hybridized carbons (Fsp3) is 0.520. The zero-order valence-electron chi connectivity index (χ0n) is 21.2. The molecule has 1 aliphatic heterocycles. The number of carbonyl (C=O) groups excluding carboxylic acids is 1. The first-order valence-electron chi connectivity index (χ1n) is 12.1. The van der Waals surface area contributed by atoms with Crippen molar-refractivity contribution in [2.75, 3.05) is 45.4 Å². The number of hydrogen-bond donors (Lipinski definition) is 3. The Bertz CT molecular complexity index is 1180. The molecule has 0 radical (unpaired) electrons. The second-order valence-corrected chi connectivity index (χ2v) is 9.08. The molecule has 1 aliphatic rings. The number of hydrogen-bond acceptors (Lipinski definition) is 9. The van der Waals surface area contributed by atoms with E-state index in [2.05, 4.69) is 30.2 Å². The molecule has 1 amide bonds. The molecule has 0 bridgehead atoms. The van der Waals surface area contributed by atoms with Crippen molar-refractivity contribution in [3.63, 3.8) is 0 Å². The summed E-state index contributed by atoms with van der Waals surface area (Å²) in [6.45, 7) is 5.27. The SMILES string of the molecule is COC[C@@H](C)Oc1nc(C(=O)N[C@H](C)CO)cc(N2CCC(c3c[nH]c4nccc(OC)c34)CC2)n1. The molecule has 3 N–H and O–H groups in total. The minimum absolute atomic E-state index is 0.119. The molecular formula is C25H34N6O5. The summed E-state index contributed by atoms with van der Waals surface area (Å²) in [7, 11) is 3.27. The van der Waals surface area contributed by atoms with Crippen LogP contribution in [0.3, 0.4) is 0 Å². The highest BCUT2D eigenvalue weighted by atomic mass is 16.5. The topological polar surface area (TPSA) is 135 Å². The Morgan fingerprint density at radius 3 is 2.75 bits per heavy atom. The van der Waals surface area contributed by atoms with Gasteiger partial charge in [-0.2, -0.15) is 9.97 Å². The van der Waals surface area contributed by atoms with E-state index in [-0.39, 0.29) is 24.4 Å². The number of ether oxygens (including phenoxy) is 3. The van der Waals surface area contributed by atoms with Crippen molar-refractivity contribution in [3.05, 3.63) is 35.8 Å². The van der Waals surface area contributed by atoms with E-state index in [1.54, 1.807) is 33.4 Å². The van der Waals surface area contributed by atoms with E-state index >= 15 is 0 Å². The van der Waals surface area contributed by atoms with Gasteiger partial charge in [0.25, 0.3) is 5.91 Å². The first kappa shape index (κ1) is 25.6. The predicted octanol–water partition coefficient (Wildman–Crippen LogP) is 2.27. The van der Waals surface area contributed by atoms with Crippen LogP contribution in [0, 0.1) is 0 Å². The van der Waals surface area contributed by atoms with Gasteiger partial charge in [0.2, 0.25) is 0 Å². The summed E-state index contributed by atoms with van der Waals surface area (Å²) in [6.07, 6.45) is 5.28. The average Bonchev–Trinajstić information content (AvgIpc) is 3.33. The number of pyridine rings is 1. The van der Waals surface area contributed by atoms with Crippen molar-refractivity contribution >= 4 is 22.8 Å². The third kappa shape index (κ3) is 5.68. The van der Waals surface area contributed by atoms with E-state index < -0.39 is 11.9 Å². The summed E-state index contributed by atoms with van der Waals surface area (Å²) in [6, 6.07) is 3.28. The summed E-state index contributed by atoms with van der Waals surface area (Å²) >= 11 is 0. The van der Waals surface area contributed by atoms with Crippen LogP contribution in [-0.4, -0.2) is 83.6 Å². The third-order valence-electron chi connectivity index (χ3n) is 6.33. The standard InChI is InChI=1S/C25H34N6O5/c1-15(13-32)28-24(33)19-11-21(30-25(29-19)36-16(2)14-34-3)31-9-6-17(7-10-31)18-12-27-23-22(18)20(35-4)5-8-26-23/h5,8,11-12,15-17,32H,6-7,9-10,13-14H2,1-4H3,(H,26,27)(H,28,33)/t15-,16-/m1/s1. The zero-order valence-corrected chi connectivity index (χ0v) is 21.2. The van der Waals surface area contributed by atoms with Gasteiger partial charge in [-0.3, -0.25) is 4.79 Å². The summed E-state index contributed by atoms with van der Waals surface area (Å²) in [5, 5.41) is 13.1. The van der Waals surface area contributed by atoms with Gasteiger partial charge >= 0.3 is 6.01 Å². The number of amides is 1. The molecule has 0 aliphatic carbocycles.